The average molecular weight is 560 g/mol. The van der Waals surface area contributed by atoms with E-state index >= 15 is 0 Å². The third-order valence-corrected chi connectivity index (χ3v) is 8.07. The van der Waals surface area contributed by atoms with Crippen LogP contribution in [0.4, 0.5) is 5.69 Å². The van der Waals surface area contributed by atoms with Gasteiger partial charge in [0.05, 0.1) is 24.9 Å². The summed E-state index contributed by atoms with van der Waals surface area (Å²) in [7, 11) is 1.75. The molecule has 2 aliphatic rings. The summed E-state index contributed by atoms with van der Waals surface area (Å²) < 4.78 is 23.7. The van der Waals surface area contributed by atoms with Crippen molar-refractivity contribution in [3.05, 3.63) is 89.5 Å². The normalized spacial score (nSPS) is 19.3. The second-order valence-electron chi connectivity index (χ2n) is 11.1. The highest BCUT2D eigenvalue weighted by Crippen LogP contribution is 2.34. The van der Waals surface area contributed by atoms with Crippen molar-refractivity contribution in [3.8, 4) is 11.5 Å². The molecule has 3 N–H and O–H groups in total. The van der Waals surface area contributed by atoms with Crippen LogP contribution < -0.4 is 25.4 Å². The van der Waals surface area contributed by atoms with Gasteiger partial charge in [0.1, 0.15) is 24.7 Å². The molecule has 7 heteroatoms. The standard InChI is InChI=1S/C34H45N3O4/c1-38-20-5-18-37-19-21-39-33-15-9-27(22-32(33)37)24-41-34-23-36-17-16-31(34)28-10-13-30(14-11-28)40-25-29(35)12-8-26-6-3-2-4-7-26/h2-4,6-7,9-11,13-15,22,29,31,34,36H,5,8,12,16-21,23-25,35H2,1H3. The molecule has 2 heterocycles. The third-order valence-electron chi connectivity index (χ3n) is 8.07. The van der Waals surface area contributed by atoms with Gasteiger partial charge in [-0.15, -0.1) is 0 Å². The first-order valence-corrected chi connectivity index (χ1v) is 15.0. The SMILES string of the molecule is COCCCN1CCOc2ccc(COC3CNCCC3c3ccc(OCC(N)CCc4ccccc4)cc3)cc21. The quantitative estimate of drug-likeness (QED) is 0.272. The van der Waals surface area contributed by atoms with Crippen LogP contribution in [0.15, 0.2) is 72.8 Å². The fraction of sp³-hybridized carbons (Fsp3) is 0.471. The molecule has 2 aliphatic heterocycles. The van der Waals surface area contributed by atoms with Crippen LogP contribution in [0, 0.1) is 0 Å². The van der Waals surface area contributed by atoms with Crippen molar-refractivity contribution in [2.45, 2.75) is 50.4 Å². The molecule has 3 aromatic rings. The number of ether oxygens (including phenoxy) is 4. The van der Waals surface area contributed by atoms with Crippen LogP contribution in [0.2, 0.25) is 0 Å². The monoisotopic (exact) mass is 559 g/mol. The van der Waals surface area contributed by atoms with Gasteiger partial charge in [-0.05, 0) is 73.2 Å². The van der Waals surface area contributed by atoms with Crippen molar-refractivity contribution in [3.63, 3.8) is 0 Å². The lowest BCUT2D eigenvalue weighted by Crippen LogP contribution is -2.41. The molecule has 3 aromatic carbocycles. The highest BCUT2D eigenvalue weighted by Gasteiger charge is 2.27. The fourth-order valence-electron chi connectivity index (χ4n) is 5.72. The molecule has 41 heavy (non-hydrogen) atoms. The van der Waals surface area contributed by atoms with Gasteiger partial charge < -0.3 is 34.9 Å². The zero-order chi connectivity index (χ0) is 28.3. The molecule has 1 fully saturated rings. The molecule has 7 nitrogen and oxygen atoms in total. The van der Waals surface area contributed by atoms with E-state index in [0.717, 1.165) is 82.3 Å². The number of rotatable bonds is 14. The number of piperidine rings is 1. The number of hydrogen-bond donors (Lipinski definition) is 2. The molecule has 0 aromatic heterocycles. The number of nitrogens with two attached hydrogens (primary N) is 1. The number of benzene rings is 3. The predicted octanol–water partition coefficient (Wildman–Crippen LogP) is 4.92. The fourth-order valence-corrected chi connectivity index (χ4v) is 5.72. The Kier molecular flexibility index (Phi) is 10.9. The van der Waals surface area contributed by atoms with E-state index in [-0.39, 0.29) is 12.1 Å². The minimum atomic E-state index is 0.00433. The molecule has 0 spiro atoms. The van der Waals surface area contributed by atoms with Crippen LogP contribution in [0.3, 0.4) is 0 Å². The second-order valence-corrected chi connectivity index (χ2v) is 11.1. The molecule has 0 saturated carbocycles. The number of nitrogens with one attached hydrogen (secondary N) is 1. The number of nitrogens with zero attached hydrogens (tertiary/aromatic N) is 1. The van der Waals surface area contributed by atoms with Gasteiger partial charge in [0, 0.05) is 38.8 Å². The van der Waals surface area contributed by atoms with Crippen molar-refractivity contribution < 1.29 is 18.9 Å². The number of aryl methyl sites for hydroxylation is 1. The Hall–Kier alpha value is -3.10. The smallest absolute Gasteiger partial charge is 0.142 e. The Balaban J connectivity index is 1.13. The molecule has 0 bridgehead atoms. The van der Waals surface area contributed by atoms with E-state index in [1.807, 2.05) is 6.07 Å². The van der Waals surface area contributed by atoms with Gasteiger partial charge in [0.25, 0.3) is 0 Å². The molecule has 3 unspecified atom stereocenters. The van der Waals surface area contributed by atoms with E-state index in [9.17, 15) is 0 Å². The first-order chi connectivity index (χ1) is 20.2. The van der Waals surface area contributed by atoms with Crippen molar-refractivity contribution in [2.24, 2.45) is 5.73 Å². The van der Waals surface area contributed by atoms with Gasteiger partial charge in [0.2, 0.25) is 0 Å². The van der Waals surface area contributed by atoms with Gasteiger partial charge in [-0.2, -0.15) is 0 Å². The zero-order valence-electron chi connectivity index (χ0n) is 24.3. The van der Waals surface area contributed by atoms with E-state index in [1.54, 1.807) is 7.11 Å². The first-order valence-electron chi connectivity index (χ1n) is 15.0. The van der Waals surface area contributed by atoms with Gasteiger partial charge in [0.15, 0.2) is 0 Å². The average Bonchev–Trinajstić information content (AvgIpc) is 3.03. The summed E-state index contributed by atoms with van der Waals surface area (Å²) in [4.78, 5) is 2.39. The predicted molar refractivity (Wildman–Crippen MR) is 164 cm³/mol. The summed E-state index contributed by atoms with van der Waals surface area (Å²) in [6.45, 7) is 6.27. The minimum absolute atomic E-state index is 0.00433. The zero-order valence-corrected chi connectivity index (χ0v) is 24.3. The number of hydrogen-bond acceptors (Lipinski definition) is 7. The van der Waals surface area contributed by atoms with E-state index in [4.69, 9.17) is 24.7 Å². The first kappa shape index (κ1) is 29.4. The highest BCUT2D eigenvalue weighted by atomic mass is 16.5. The Labute approximate surface area is 244 Å². The summed E-state index contributed by atoms with van der Waals surface area (Å²) in [6, 6.07) is 25.4. The molecule has 0 radical (unpaired) electrons. The number of fused-ring (bicyclic) bond motifs is 1. The Bertz CT molecular complexity index is 1190. The van der Waals surface area contributed by atoms with Crippen LogP contribution >= 0.6 is 0 Å². The van der Waals surface area contributed by atoms with Crippen molar-refractivity contribution in [1.29, 1.82) is 0 Å². The second kappa shape index (κ2) is 15.2. The molecular weight excluding hydrogens is 514 g/mol. The molecule has 5 rings (SSSR count). The molecule has 3 atom stereocenters. The van der Waals surface area contributed by atoms with E-state index in [1.165, 1.54) is 16.7 Å². The van der Waals surface area contributed by atoms with Gasteiger partial charge in [-0.25, -0.2) is 0 Å². The van der Waals surface area contributed by atoms with Gasteiger partial charge in [-0.3, -0.25) is 0 Å². The third kappa shape index (κ3) is 8.46. The summed E-state index contributed by atoms with van der Waals surface area (Å²) in [5.74, 6) is 2.15. The maximum absolute atomic E-state index is 6.54. The summed E-state index contributed by atoms with van der Waals surface area (Å²) in [5, 5.41) is 3.52. The van der Waals surface area contributed by atoms with Crippen molar-refractivity contribution >= 4 is 5.69 Å². The summed E-state index contributed by atoms with van der Waals surface area (Å²) in [6.07, 6.45) is 4.01. The number of anilines is 1. The molecule has 0 aliphatic carbocycles. The Morgan fingerprint density at radius 2 is 1.90 bits per heavy atom. The molecule has 1 saturated heterocycles. The van der Waals surface area contributed by atoms with Crippen molar-refractivity contribution in [2.75, 3.05) is 58.0 Å². The van der Waals surface area contributed by atoms with E-state index in [0.29, 0.717) is 19.1 Å². The Morgan fingerprint density at radius 1 is 1.05 bits per heavy atom. The topological polar surface area (TPSA) is 78.2 Å². The molecular formula is C34H45N3O4. The van der Waals surface area contributed by atoms with Crippen molar-refractivity contribution in [1.82, 2.24) is 5.32 Å². The minimum Gasteiger partial charge on any atom is -0.492 e. The summed E-state index contributed by atoms with van der Waals surface area (Å²) in [5.41, 5.74) is 11.3. The van der Waals surface area contributed by atoms with Crippen LogP contribution in [-0.4, -0.2) is 65.3 Å². The highest BCUT2D eigenvalue weighted by molar-refractivity contribution is 5.61. The maximum Gasteiger partial charge on any atom is 0.142 e. The maximum atomic E-state index is 6.54. The largest absolute Gasteiger partial charge is 0.492 e. The number of methoxy groups -OCH3 is 1. The van der Waals surface area contributed by atoms with Gasteiger partial charge in [-0.1, -0.05) is 48.5 Å². The van der Waals surface area contributed by atoms with E-state index < -0.39 is 0 Å². The van der Waals surface area contributed by atoms with Crippen LogP contribution in [-0.2, 0) is 22.5 Å². The lowest BCUT2D eigenvalue weighted by molar-refractivity contribution is 0.0106. The lowest BCUT2D eigenvalue weighted by atomic mass is 9.87. The summed E-state index contributed by atoms with van der Waals surface area (Å²) >= 11 is 0. The molecule has 220 valence electrons. The Morgan fingerprint density at radius 3 is 2.73 bits per heavy atom. The van der Waals surface area contributed by atoms with Gasteiger partial charge >= 0.3 is 0 Å². The van der Waals surface area contributed by atoms with Crippen LogP contribution in [0.1, 0.15) is 41.9 Å². The van der Waals surface area contributed by atoms with Crippen LogP contribution in [0.5, 0.6) is 11.5 Å². The van der Waals surface area contributed by atoms with Crippen LogP contribution in [0.25, 0.3) is 0 Å². The van der Waals surface area contributed by atoms with E-state index in [2.05, 4.69) is 76.9 Å². The molecule has 0 amide bonds. The lowest BCUT2D eigenvalue weighted by Gasteiger charge is -2.33.